The number of nitrogens with two attached hydrogens (primary N) is 1. The lowest BCUT2D eigenvalue weighted by Gasteiger charge is -2.47. The minimum absolute atomic E-state index is 0.152. The van der Waals surface area contributed by atoms with Crippen LogP contribution in [0.2, 0.25) is 0 Å². The maximum absolute atomic E-state index is 11.9. The monoisotopic (exact) mass is 198 g/mol. The lowest BCUT2D eigenvalue weighted by atomic mass is 9.90. The molecular weight excluding hydrogens is 180 g/mol. The highest BCUT2D eigenvalue weighted by atomic mass is 16.5. The molecule has 2 N–H and O–H groups in total. The van der Waals surface area contributed by atoms with E-state index in [-0.39, 0.29) is 17.4 Å². The van der Waals surface area contributed by atoms with E-state index in [2.05, 4.69) is 0 Å². The number of hydrogen-bond acceptors (Lipinski definition) is 3. The van der Waals surface area contributed by atoms with Gasteiger partial charge in [0.25, 0.3) is 0 Å². The average Bonchev–Trinajstić information content (AvgIpc) is 2.14. The first-order valence-corrected chi connectivity index (χ1v) is 5.24. The zero-order valence-corrected chi connectivity index (χ0v) is 8.66. The quantitative estimate of drug-likeness (QED) is 0.644. The summed E-state index contributed by atoms with van der Waals surface area (Å²) >= 11 is 0. The van der Waals surface area contributed by atoms with E-state index < -0.39 is 0 Å². The fourth-order valence-electron chi connectivity index (χ4n) is 2.18. The van der Waals surface area contributed by atoms with Gasteiger partial charge in [-0.1, -0.05) is 0 Å². The van der Waals surface area contributed by atoms with Crippen LogP contribution in [0.1, 0.15) is 19.8 Å². The first-order chi connectivity index (χ1) is 6.58. The van der Waals surface area contributed by atoms with Gasteiger partial charge in [0, 0.05) is 37.8 Å². The number of carbonyl (C=O) groups excluding carboxylic acids is 1. The first kappa shape index (κ1) is 9.93. The molecule has 0 atom stereocenters. The van der Waals surface area contributed by atoms with E-state index in [0.29, 0.717) is 13.1 Å². The third-order valence-corrected chi connectivity index (χ3v) is 2.99. The number of nitrogens with zero attached hydrogens (tertiary/aromatic N) is 1. The van der Waals surface area contributed by atoms with Crippen molar-refractivity contribution in [3.8, 4) is 0 Å². The Morgan fingerprint density at radius 1 is 1.43 bits per heavy atom. The maximum atomic E-state index is 11.9. The van der Waals surface area contributed by atoms with E-state index in [9.17, 15) is 4.79 Å². The molecule has 0 aliphatic carbocycles. The van der Waals surface area contributed by atoms with Crippen molar-refractivity contribution in [2.75, 3.05) is 26.3 Å². The number of ether oxygens (including phenoxy) is 1. The SMILES string of the molecule is CC1(N)CN(C(=O)C2CCOCC2)C1. The van der Waals surface area contributed by atoms with Crippen molar-refractivity contribution >= 4 is 5.91 Å². The summed E-state index contributed by atoms with van der Waals surface area (Å²) in [6.07, 6.45) is 1.74. The molecular formula is C10H18N2O2. The van der Waals surface area contributed by atoms with E-state index in [0.717, 1.165) is 26.1 Å². The zero-order valence-electron chi connectivity index (χ0n) is 8.66. The highest BCUT2D eigenvalue weighted by Crippen LogP contribution is 2.24. The van der Waals surface area contributed by atoms with E-state index in [1.54, 1.807) is 0 Å². The van der Waals surface area contributed by atoms with Gasteiger partial charge in [-0.3, -0.25) is 4.79 Å². The van der Waals surface area contributed by atoms with Crippen molar-refractivity contribution in [1.29, 1.82) is 0 Å². The molecule has 1 amide bonds. The molecule has 0 aromatic carbocycles. The number of likely N-dealkylation sites (tertiary alicyclic amines) is 1. The van der Waals surface area contributed by atoms with Crippen molar-refractivity contribution in [2.45, 2.75) is 25.3 Å². The fourth-order valence-corrected chi connectivity index (χ4v) is 2.18. The van der Waals surface area contributed by atoms with Gasteiger partial charge in [0.1, 0.15) is 0 Å². The molecule has 2 rings (SSSR count). The van der Waals surface area contributed by atoms with Gasteiger partial charge in [-0.25, -0.2) is 0 Å². The molecule has 0 unspecified atom stereocenters. The molecule has 0 bridgehead atoms. The molecule has 0 saturated carbocycles. The summed E-state index contributed by atoms with van der Waals surface area (Å²) in [5.74, 6) is 0.455. The van der Waals surface area contributed by atoms with Crippen LogP contribution in [0.4, 0.5) is 0 Å². The molecule has 2 aliphatic rings. The molecule has 4 heteroatoms. The van der Waals surface area contributed by atoms with E-state index in [1.165, 1.54) is 0 Å². The van der Waals surface area contributed by atoms with Crippen molar-refractivity contribution in [3.63, 3.8) is 0 Å². The molecule has 80 valence electrons. The summed E-state index contributed by atoms with van der Waals surface area (Å²) in [4.78, 5) is 13.8. The number of carbonyl (C=O) groups is 1. The lowest BCUT2D eigenvalue weighted by Crippen LogP contribution is -2.67. The molecule has 2 saturated heterocycles. The van der Waals surface area contributed by atoms with Gasteiger partial charge >= 0.3 is 0 Å². The minimum atomic E-state index is -0.152. The number of amides is 1. The molecule has 2 fully saturated rings. The predicted molar refractivity (Wildman–Crippen MR) is 52.7 cm³/mol. The normalized spacial score (nSPS) is 27.1. The summed E-state index contributed by atoms with van der Waals surface area (Å²) in [7, 11) is 0. The van der Waals surface area contributed by atoms with Crippen molar-refractivity contribution in [1.82, 2.24) is 4.90 Å². The van der Waals surface area contributed by atoms with Gasteiger partial charge in [-0.2, -0.15) is 0 Å². The second kappa shape index (κ2) is 3.51. The van der Waals surface area contributed by atoms with Crippen LogP contribution < -0.4 is 5.73 Å². The highest BCUT2D eigenvalue weighted by Gasteiger charge is 2.40. The van der Waals surface area contributed by atoms with Crippen LogP contribution in [-0.4, -0.2) is 42.6 Å². The Kier molecular flexibility index (Phi) is 2.49. The van der Waals surface area contributed by atoms with Gasteiger partial charge in [-0.15, -0.1) is 0 Å². The predicted octanol–water partition coefficient (Wildman–Crippen LogP) is -0.0274. The van der Waals surface area contributed by atoms with Gasteiger partial charge in [0.2, 0.25) is 5.91 Å². The largest absolute Gasteiger partial charge is 0.381 e. The zero-order chi connectivity index (χ0) is 10.2. The fraction of sp³-hybridized carbons (Fsp3) is 0.900. The first-order valence-electron chi connectivity index (χ1n) is 5.24. The smallest absolute Gasteiger partial charge is 0.225 e. The second-order valence-corrected chi connectivity index (χ2v) is 4.73. The van der Waals surface area contributed by atoms with Crippen molar-refractivity contribution in [2.24, 2.45) is 11.7 Å². The molecule has 0 radical (unpaired) electrons. The molecule has 0 aromatic rings. The molecule has 2 aliphatic heterocycles. The summed E-state index contributed by atoms with van der Waals surface area (Å²) in [5.41, 5.74) is 5.71. The Labute approximate surface area is 84.4 Å². The van der Waals surface area contributed by atoms with Gasteiger partial charge in [-0.05, 0) is 19.8 Å². The van der Waals surface area contributed by atoms with Gasteiger partial charge < -0.3 is 15.4 Å². The van der Waals surface area contributed by atoms with Gasteiger partial charge in [0.05, 0.1) is 0 Å². The third-order valence-electron chi connectivity index (χ3n) is 2.99. The Balaban J connectivity index is 1.84. The highest BCUT2D eigenvalue weighted by molar-refractivity contribution is 5.80. The van der Waals surface area contributed by atoms with Crippen LogP contribution >= 0.6 is 0 Å². The summed E-state index contributed by atoms with van der Waals surface area (Å²) < 4.78 is 5.23. The van der Waals surface area contributed by atoms with Crippen LogP contribution in [0.15, 0.2) is 0 Å². The van der Waals surface area contributed by atoms with Crippen LogP contribution in [0, 0.1) is 5.92 Å². The Hall–Kier alpha value is -0.610. The molecule has 4 nitrogen and oxygen atoms in total. The Bertz CT molecular complexity index is 226. The topological polar surface area (TPSA) is 55.6 Å². The second-order valence-electron chi connectivity index (χ2n) is 4.73. The lowest BCUT2D eigenvalue weighted by molar-refractivity contribution is -0.145. The summed E-state index contributed by atoms with van der Waals surface area (Å²) in [6, 6.07) is 0. The maximum Gasteiger partial charge on any atom is 0.225 e. The Morgan fingerprint density at radius 3 is 2.50 bits per heavy atom. The minimum Gasteiger partial charge on any atom is -0.381 e. The summed E-state index contributed by atoms with van der Waals surface area (Å²) in [5, 5.41) is 0. The average molecular weight is 198 g/mol. The van der Waals surface area contributed by atoms with E-state index >= 15 is 0 Å². The van der Waals surface area contributed by atoms with E-state index in [4.69, 9.17) is 10.5 Å². The molecule has 0 aromatic heterocycles. The molecule has 0 spiro atoms. The van der Waals surface area contributed by atoms with E-state index in [1.807, 2.05) is 11.8 Å². The van der Waals surface area contributed by atoms with Crippen LogP contribution in [0.5, 0.6) is 0 Å². The third kappa shape index (κ3) is 1.91. The van der Waals surface area contributed by atoms with Gasteiger partial charge in [0.15, 0.2) is 0 Å². The van der Waals surface area contributed by atoms with Crippen molar-refractivity contribution < 1.29 is 9.53 Å². The standard InChI is InChI=1S/C10H18N2O2/c1-10(11)6-12(7-10)9(13)8-2-4-14-5-3-8/h8H,2-7,11H2,1H3. The van der Waals surface area contributed by atoms with Crippen LogP contribution in [0.3, 0.4) is 0 Å². The van der Waals surface area contributed by atoms with Crippen LogP contribution in [-0.2, 0) is 9.53 Å². The number of rotatable bonds is 1. The van der Waals surface area contributed by atoms with Crippen LogP contribution in [0.25, 0.3) is 0 Å². The number of hydrogen-bond donors (Lipinski definition) is 1. The van der Waals surface area contributed by atoms with Crippen molar-refractivity contribution in [3.05, 3.63) is 0 Å². The molecule has 14 heavy (non-hydrogen) atoms. The molecule has 2 heterocycles. The summed E-state index contributed by atoms with van der Waals surface area (Å²) in [6.45, 7) is 4.86. The Morgan fingerprint density at radius 2 is 2.00 bits per heavy atom.